The van der Waals surface area contributed by atoms with Crippen molar-refractivity contribution in [2.75, 3.05) is 12.4 Å². The number of rotatable bonds is 7. The number of carbonyl (C=O) groups excluding carboxylic acids is 1. The summed E-state index contributed by atoms with van der Waals surface area (Å²) in [5, 5.41) is 3.10. The molecule has 1 amide bonds. The second-order valence-corrected chi connectivity index (χ2v) is 6.44. The Morgan fingerprint density at radius 3 is 2.64 bits per heavy atom. The van der Waals surface area contributed by atoms with E-state index in [0.717, 1.165) is 30.0 Å². The van der Waals surface area contributed by atoms with Crippen LogP contribution >= 0.6 is 0 Å². The van der Waals surface area contributed by atoms with E-state index in [9.17, 15) is 4.79 Å². The molecule has 0 radical (unpaired) electrons. The lowest BCUT2D eigenvalue weighted by Crippen LogP contribution is -2.27. The van der Waals surface area contributed by atoms with Crippen molar-refractivity contribution in [1.82, 2.24) is 0 Å². The third kappa shape index (κ3) is 4.84. The quantitative estimate of drug-likeness (QED) is 0.788. The predicted octanol–water partition coefficient (Wildman–Crippen LogP) is 4.77. The topological polar surface area (TPSA) is 38.3 Å². The SMILES string of the molecule is CCCCC1CCC(C(=O)Nc2ccccc2COC)CC1. The summed E-state index contributed by atoms with van der Waals surface area (Å²) in [6.45, 7) is 2.77. The summed E-state index contributed by atoms with van der Waals surface area (Å²) in [5.41, 5.74) is 1.93. The molecule has 1 aliphatic carbocycles. The zero-order valence-electron chi connectivity index (χ0n) is 13.9. The molecule has 0 heterocycles. The molecule has 0 aromatic heterocycles. The van der Waals surface area contributed by atoms with Gasteiger partial charge in [0.2, 0.25) is 5.91 Å². The van der Waals surface area contributed by atoms with Gasteiger partial charge in [0.05, 0.1) is 6.61 Å². The van der Waals surface area contributed by atoms with Crippen LogP contribution < -0.4 is 5.32 Å². The van der Waals surface area contributed by atoms with Gasteiger partial charge in [-0.1, -0.05) is 44.4 Å². The molecular formula is C19H29NO2. The maximum Gasteiger partial charge on any atom is 0.227 e. The number of amides is 1. The molecule has 1 aromatic carbocycles. The second kappa shape index (κ2) is 8.94. The lowest BCUT2D eigenvalue weighted by atomic mass is 9.79. The number of hydrogen-bond donors (Lipinski definition) is 1. The number of nitrogens with one attached hydrogen (secondary N) is 1. The van der Waals surface area contributed by atoms with Crippen LogP contribution in [0.15, 0.2) is 24.3 Å². The number of benzene rings is 1. The molecule has 1 fully saturated rings. The third-order valence-corrected chi connectivity index (χ3v) is 4.76. The minimum atomic E-state index is 0.175. The maximum absolute atomic E-state index is 12.5. The molecule has 122 valence electrons. The summed E-state index contributed by atoms with van der Waals surface area (Å²) in [7, 11) is 1.68. The molecule has 0 saturated heterocycles. The van der Waals surface area contributed by atoms with E-state index < -0.39 is 0 Å². The van der Waals surface area contributed by atoms with Crippen LogP contribution in [-0.2, 0) is 16.1 Å². The summed E-state index contributed by atoms with van der Waals surface area (Å²) in [5.74, 6) is 1.19. The Labute approximate surface area is 134 Å². The fraction of sp³-hybridized carbons (Fsp3) is 0.632. The number of methoxy groups -OCH3 is 1. The van der Waals surface area contributed by atoms with Gasteiger partial charge in [0.1, 0.15) is 0 Å². The van der Waals surface area contributed by atoms with Gasteiger partial charge in [0, 0.05) is 24.3 Å². The van der Waals surface area contributed by atoms with Crippen molar-refractivity contribution >= 4 is 11.6 Å². The van der Waals surface area contributed by atoms with Gasteiger partial charge < -0.3 is 10.1 Å². The largest absolute Gasteiger partial charge is 0.380 e. The Morgan fingerprint density at radius 1 is 1.23 bits per heavy atom. The van der Waals surface area contributed by atoms with Crippen LogP contribution in [-0.4, -0.2) is 13.0 Å². The van der Waals surface area contributed by atoms with Crippen molar-refractivity contribution in [3.05, 3.63) is 29.8 Å². The van der Waals surface area contributed by atoms with Crippen molar-refractivity contribution in [1.29, 1.82) is 0 Å². The monoisotopic (exact) mass is 303 g/mol. The number of anilines is 1. The van der Waals surface area contributed by atoms with Crippen molar-refractivity contribution < 1.29 is 9.53 Å². The van der Waals surface area contributed by atoms with Crippen LogP contribution in [0.4, 0.5) is 5.69 Å². The molecule has 2 rings (SSSR count). The highest BCUT2D eigenvalue weighted by molar-refractivity contribution is 5.93. The average molecular weight is 303 g/mol. The van der Waals surface area contributed by atoms with Gasteiger partial charge in [-0.25, -0.2) is 0 Å². The van der Waals surface area contributed by atoms with Gasteiger partial charge in [-0.05, 0) is 37.7 Å². The van der Waals surface area contributed by atoms with Crippen molar-refractivity contribution in [2.45, 2.75) is 58.5 Å². The lowest BCUT2D eigenvalue weighted by molar-refractivity contribution is -0.121. The van der Waals surface area contributed by atoms with Crippen LogP contribution in [0.2, 0.25) is 0 Å². The molecule has 1 N–H and O–H groups in total. The maximum atomic E-state index is 12.5. The lowest BCUT2D eigenvalue weighted by Gasteiger charge is -2.28. The Kier molecular flexibility index (Phi) is 6.91. The van der Waals surface area contributed by atoms with Crippen LogP contribution in [0.1, 0.15) is 57.4 Å². The molecule has 1 saturated carbocycles. The van der Waals surface area contributed by atoms with Crippen LogP contribution in [0.3, 0.4) is 0 Å². The third-order valence-electron chi connectivity index (χ3n) is 4.76. The van der Waals surface area contributed by atoms with Gasteiger partial charge in [0.25, 0.3) is 0 Å². The molecule has 0 bridgehead atoms. The smallest absolute Gasteiger partial charge is 0.227 e. The van der Waals surface area contributed by atoms with Gasteiger partial charge in [-0.3, -0.25) is 4.79 Å². The van der Waals surface area contributed by atoms with E-state index in [1.54, 1.807) is 7.11 Å². The predicted molar refractivity (Wildman–Crippen MR) is 90.8 cm³/mol. The molecular weight excluding hydrogens is 274 g/mol. The second-order valence-electron chi connectivity index (χ2n) is 6.44. The standard InChI is InChI=1S/C19H29NO2/c1-3-4-7-15-10-12-16(13-11-15)19(21)20-18-9-6-5-8-17(18)14-22-2/h5-6,8-9,15-16H,3-4,7,10-14H2,1-2H3,(H,20,21). The van der Waals surface area contributed by atoms with E-state index in [1.165, 1.54) is 32.1 Å². The van der Waals surface area contributed by atoms with E-state index in [4.69, 9.17) is 4.74 Å². The number of carbonyl (C=O) groups is 1. The average Bonchev–Trinajstić information content (AvgIpc) is 2.55. The first-order chi connectivity index (χ1) is 10.7. The Hall–Kier alpha value is -1.35. The number of para-hydroxylation sites is 1. The summed E-state index contributed by atoms with van der Waals surface area (Å²) in [4.78, 5) is 12.5. The van der Waals surface area contributed by atoms with Crippen LogP contribution in [0.5, 0.6) is 0 Å². The van der Waals surface area contributed by atoms with Crippen molar-refractivity contribution in [3.63, 3.8) is 0 Å². The summed E-state index contributed by atoms with van der Waals surface area (Å²) < 4.78 is 5.20. The van der Waals surface area contributed by atoms with E-state index in [-0.39, 0.29) is 11.8 Å². The number of unbranched alkanes of at least 4 members (excludes halogenated alkanes) is 1. The molecule has 22 heavy (non-hydrogen) atoms. The van der Waals surface area contributed by atoms with Crippen molar-refractivity contribution in [2.24, 2.45) is 11.8 Å². The Bertz CT molecular complexity index is 464. The van der Waals surface area contributed by atoms with Crippen molar-refractivity contribution in [3.8, 4) is 0 Å². The molecule has 1 aromatic rings. The first kappa shape index (κ1) is 17.0. The molecule has 0 spiro atoms. The summed E-state index contributed by atoms with van der Waals surface area (Å²) >= 11 is 0. The highest BCUT2D eigenvalue weighted by atomic mass is 16.5. The van der Waals surface area contributed by atoms with E-state index in [1.807, 2.05) is 24.3 Å². The molecule has 1 aliphatic rings. The van der Waals surface area contributed by atoms with Crippen LogP contribution in [0, 0.1) is 11.8 Å². The van der Waals surface area contributed by atoms with Crippen LogP contribution in [0.25, 0.3) is 0 Å². The fourth-order valence-electron chi connectivity index (χ4n) is 3.36. The zero-order chi connectivity index (χ0) is 15.8. The normalized spacial score (nSPS) is 21.5. The summed E-state index contributed by atoms with van der Waals surface area (Å²) in [6.07, 6.45) is 8.42. The zero-order valence-corrected chi connectivity index (χ0v) is 13.9. The summed E-state index contributed by atoms with van der Waals surface area (Å²) in [6, 6.07) is 7.89. The number of hydrogen-bond acceptors (Lipinski definition) is 2. The first-order valence-electron chi connectivity index (χ1n) is 8.62. The van der Waals surface area contributed by atoms with Gasteiger partial charge in [0.15, 0.2) is 0 Å². The molecule has 0 unspecified atom stereocenters. The minimum absolute atomic E-state index is 0.175. The molecule has 3 nitrogen and oxygen atoms in total. The van der Waals surface area contributed by atoms with Gasteiger partial charge >= 0.3 is 0 Å². The van der Waals surface area contributed by atoms with E-state index in [2.05, 4.69) is 12.2 Å². The first-order valence-corrected chi connectivity index (χ1v) is 8.62. The highest BCUT2D eigenvalue weighted by Crippen LogP contribution is 2.32. The molecule has 0 aliphatic heterocycles. The number of ether oxygens (including phenoxy) is 1. The highest BCUT2D eigenvalue weighted by Gasteiger charge is 2.26. The molecule has 3 heteroatoms. The molecule has 0 atom stereocenters. The van der Waals surface area contributed by atoms with Gasteiger partial charge in [-0.2, -0.15) is 0 Å². The minimum Gasteiger partial charge on any atom is -0.380 e. The van der Waals surface area contributed by atoms with Gasteiger partial charge in [-0.15, -0.1) is 0 Å². The van der Waals surface area contributed by atoms with E-state index >= 15 is 0 Å². The fourth-order valence-corrected chi connectivity index (χ4v) is 3.36. The van der Waals surface area contributed by atoms with E-state index in [0.29, 0.717) is 6.61 Å². The Morgan fingerprint density at radius 2 is 1.95 bits per heavy atom. The Balaban J connectivity index is 1.86.